The zero-order valence-electron chi connectivity index (χ0n) is 15.2. The lowest BCUT2D eigenvalue weighted by Crippen LogP contribution is -2.38. The van der Waals surface area contributed by atoms with Crippen LogP contribution in [0, 0.1) is 5.82 Å². The van der Waals surface area contributed by atoms with Gasteiger partial charge in [-0.25, -0.2) is 14.4 Å². The average Bonchev–Trinajstić information content (AvgIpc) is 2.69. The lowest BCUT2D eigenvalue weighted by molar-refractivity contribution is -0.101. The zero-order chi connectivity index (χ0) is 19.1. The second-order valence-corrected chi connectivity index (χ2v) is 7.25. The van der Waals surface area contributed by atoms with Gasteiger partial charge in [-0.1, -0.05) is 6.07 Å². The summed E-state index contributed by atoms with van der Waals surface area (Å²) in [6, 6.07) is 4.96. The van der Waals surface area contributed by atoms with Gasteiger partial charge in [0.25, 0.3) is 0 Å². The van der Waals surface area contributed by atoms with E-state index in [-0.39, 0.29) is 18.7 Å². The van der Waals surface area contributed by atoms with Gasteiger partial charge in [-0.2, -0.15) is 0 Å². The Labute approximate surface area is 166 Å². The molecule has 0 amide bonds. The zero-order valence-corrected chi connectivity index (χ0v) is 16.8. The maximum atomic E-state index is 13.5. The van der Waals surface area contributed by atoms with E-state index in [0.29, 0.717) is 17.7 Å². The highest BCUT2D eigenvalue weighted by molar-refractivity contribution is 9.10. The molecule has 0 atom stereocenters. The minimum atomic E-state index is -0.290. The lowest BCUT2D eigenvalue weighted by Gasteiger charge is -2.31. The standard InChI is InChI=1S/C19H23BrFN3O3/c1-25-11-15-9-22-19(23-10-15)24-6-4-16(5-7-24)27-13-26-12-14-2-3-17(20)18(21)8-14/h2-3,8-10,16H,4-7,11-13H2,1H3. The summed E-state index contributed by atoms with van der Waals surface area (Å²) in [6.45, 7) is 2.72. The molecular formula is C19H23BrFN3O3. The Bertz CT molecular complexity index is 725. The topological polar surface area (TPSA) is 56.7 Å². The second-order valence-electron chi connectivity index (χ2n) is 6.39. The van der Waals surface area contributed by atoms with E-state index in [1.54, 1.807) is 25.6 Å². The van der Waals surface area contributed by atoms with Crippen molar-refractivity contribution >= 4 is 21.9 Å². The van der Waals surface area contributed by atoms with Gasteiger partial charge in [-0.15, -0.1) is 0 Å². The molecule has 2 aromatic rings. The van der Waals surface area contributed by atoms with Crippen LogP contribution in [0.2, 0.25) is 0 Å². The first-order chi connectivity index (χ1) is 13.2. The summed E-state index contributed by atoms with van der Waals surface area (Å²) in [5, 5.41) is 0. The highest BCUT2D eigenvalue weighted by Crippen LogP contribution is 2.19. The van der Waals surface area contributed by atoms with Gasteiger partial charge in [0, 0.05) is 38.2 Å². The normalized spacial score (nSPS) is 15.3. The molecule has 1 aliphatic heterocycles. The molecule has 1 aromatic heterocycles. The van der Waals surface area contributed by atoms with Crippen molar-refractivity contribution in [3.63, 3.8) is 0 Å². The molecule has 0 N–H and O–H groups in total. The number of methoxy groups -OCH3 is 1. The van der Waals surface area contributed by atoms with E-state index in [9.17, 15) is 4.39 Å². The van der Waals surface area contributed by atoms with E-state index < -0.39 is 0 Å². The van der Waals surface area contributed by atoms with Crippen LogP contribution in [0.15, 0.2) is 35.1 Å². The van der Waals surface area contributed by atoms with Crippen LogP contribution in [0.5, 0.6) is 0 Å². The number of nitrogens with zero attached hydrogens (tertiary/aromatic N) is 3. The van der Waals surface area contributed by atoms with E-state index in [1.807, 2.05) is 6.07 Å². The van der Waals surface area contributed by atoms with Gasteiger partial charge in [0.1, 0.15) is 12.6 Å². The number of piperidine rings is 1. The van der Waals surface area contributed by atoms with Crippen LogP contribution in [0.25, 0.3) is 0 Å². The van der Waals surface area contributed by atoms with Gasteiger partial charge >= 0.3 is 0 Å². The van der Waals surface area contributed by atoms with Crippen LogP contribution in [-0.2, 0) is 27.4 Å². The largest absolute Gasteiger partial charge is 0.380 e. The molecule has 0 radical (unpaired) electrons. The van der Waals surface area contributed by atoms with Gasteiger partial charge < -0.3 is 19.1 Å². The number of halogens is 2. The van der Waals surface area contributed by atoms with Crippen molar-refractivity contribution in [3.05, 3.63) is 52.0 Å². The van der Waals surface area contributed by atoms with E-state index in [4.69, 9.17) is 14.2 Å². The quantitative estimate of drug-likeness (QED) is 0.461. The van der Waals surface area contributed by atoms with Gasteiger partial charge in [-0.3, -0.25) is 0 Å². The lowest BCUT2D eigenvalue weighted by atomic mass is 10.1. The third-order valence-electron chi connectivity index (χ3n) is 4.37. The highest BCUT2D eigenvalue weighted by Gasteiger charge is 2.21. The predicted octanol–water partition coefficient (Wildman–Crippen LogP) is 3.68. The molecule has 6 nitrogen and oxygen atoms in total. The minimum Gasteiger partial charge on any atom is -0.380 e. The Morgan fingerprint density at radius 2 is 1.89 bits per heavy atom. The van der Waals surface area contributed by atoms with E-state index in [1.165, 1.54) is 6.07 Å². The molecule has 27 heavy (non-hydrogen) atoms. The Balaban J connectivity index is 1.36. The molecular weight excluding hydrogens is 417 g/mol. The molecule has 146 valence electrons. The number of benzene rings is 1. The van der Waals surface area contributed by atoms with E-state index in [0.717, 1.165) is 43.0 Å². The van der Waals surface area contributed by atoms with Crippen molar-refractivity contribution in [1.82, 2.24) is 9.97 Å². The third-order valence-corrected chi connectivity index (χ3v) is 5.01. The summed E-state index contributed by atoms with van der Waals surface area (Å²) < 4.78 is 30.3. The van der Waals surface area contributed by atoms with Crippen molar-refractivity contribution in [2.45, 2.75) is 32.2 Å². The molecule has 2 heterocycles. The summed E-state index contributed by atoms with van der Waals surface area (Å²) >= 11 is 3.14. The van der Waals surface area contributed by atoms with Crippen LogP contribution >= 0.6 is 15.9 Å². The van der Waals surface area contributed by atoms with Gasteiger partial charge in [0.2, 0.25) is 5.95 Å². The molecule has 1 aliphatic rings. The van der Waals surface area contributed by atoms with Gasteiger partial charge in [0.15, 0.2) is 0 Å². The molecule has 3 rings (SSSR count). The summed E-state index contributed by atoms with van der Waals surface area (Å²) in [7, 11) is 1.65. The minimum absolute atomic E-state index is 0.149. The maximum absolute atomic E-state index is 13.5. The van der Waals surface area contributed by atoms with Crippen molar-refractivity contribution in [2.75, 3.05) is 31.9 Å². The molecule has 8 heteroatoms. The molecule has 0 aliphatic carbocycles. The fourth-order valence-corrected chi connectivity index (χ4v) is 3.15. The first-order valence-corrected chi connectivity index (χ1v) is 9.63. The fraction of sp³-hybridized carbons (Fsp3) is 0.474. The molecule has 1 saturated heterocycles. The Kier molecular flexibility index (Phi) is 7.51. The van der Waals surface area contributed by atoms with Gasteiger partial charge in [-0.05, 0) is 46.5 Å². The van der Waals surface area contributed by atoms with Gasteiger partial charge in [0.05, 0.1) is 23.8 Å². The van der Waals surface area contributed by atoms with Crippen molar-refractivity contribution in [2.24, 2.45) is 0 Å². The maximum Gasteiger partial charge on any atom is 0.225 e. The monoisotopic (exact) mass is 439 g/mol. The first-order valence-electron chi connectivity index (χ1n) is 8.84. The Morgan fingerprint density at radius 3 is 2.56 bits per heavy atom. The summed E-state index contributed by atoms with van der Waals surface area (Å²) in [4.78, 5) is 11.0. The van der Waals surface area contributed by atoms with Crippen molar-refractivity contribution in [3.8, 4) is 0 Å². The smallest absolute Gasteiger partial charge is 0.225 e. The fourth-order valence-electron chi connectivity index (χ4n) is 2.91. The van der Waals surface area contributed by atoms with Crippen LogP contribution < -0.4 is 4.90 Å². The predicted molar refractivity (Wildman–Crippen MR) is 103 cm³/mol. The van der Waals surface area contributed by atoms with Crippen LogP contribution in [-0.4, -0.2) is 43.1 Å². The average molecular weight is 440 g/mol. The van der Waals surface area contributed by atoms with E-state index in [2.05, 4.69) is 30.8 Å². The third kappa shape index (κ3) is 5.93. The van der Waals surface area contributed by atoms with Crippen LogP contribution in [0.1, 0.15) is 24.0 Å². The Morgan fingerprint density at radius 1 is 1.15 bits per heavy atom. The molecule has 1 aromatic carbocycles. The number of hydrogen-bond donors (Lipinski definition) is 0. The SMILES string of the molecule is COCc1cnc(N2CCC(OCOCc3ccc(Br)c(F)c3)CC2)nc1. The first kappa shape index (κ1) is 20.1. The highest BCUT2D eigenvalue weighted by atomic mass is 79.9. The summed E-state index contributed by atoms with van der Waals surface area (Å²) in [5.74, 6) is 0.448. The number of hydrogen-bond acceptors (Lipinski definition) is 6. The van der Waals surface area contributed by atoms with Crippen LogP contribution in [0.3, 0.4) is 0 Å². The number of ether oxygens (including phenoxy) is 3. The molecule has 0 unspecified atom stereocenters. The Hall–Kier alpha value is -1.61. The second kappa shape index (κ2) is 10.1. The number of anilines is 1. The van der Waals surface area contributed by atoms with Crippen molar-refractivity contribution < 1.29 is 18.6 Å². The molecule has 0 spiro atoms. The number of rotatable bonds is 8. The molecule has 1 fully saturated rings. The molecule has 0 bridgehead atoms. The summed E-state index contributed by atoms with van der Waals surface area (Å²) in [6.07, 6.45) is 5.52. The van der Waals surface area contributed by atoms with E-state index >= 15 is 0 Å². The number of aromatic nitrogens is 2. The van der Waals surface area contributed by atoms with Crippen molar-refractivity contribution in [1.29, 1.82) is 0 Å². The molecule has 0 saturated carbocycles. The summed E-state index contributed by atoms with van der Waals surface area (Å²) in [5.41, 5.74) is 1.74. The van der Waals surface area contributed by atoms with Crippen LogP contribution in [0.4, 0.5) is 10.3 Å².